The standard InChI is InChI=1S/C2N4S4/c3-1(7-5-9-3)2-4-10-6-8-2/b2-1-. The first-order valence-electron chi connectivity index (χ1n) is 2.20. The summed E-state index contributed by atoms with van der Waals surface area (Å²) in [5.74, 6) is 0. The highest BCUT2D eigenvalue weighted by Gasteiger charge is 2.10. The van der Waals surface area contributed by atoms with E-state index in [1.54, 1.807) is 0 Å². The van der Waals surface area contributed by atoms with Gasteiger partial charge < -0.3 is 9.44 Å². The molecule has 0 aromatic carbocycles. The molecule has 2 heterocycles. The summed E-state index contributed by atoms with van der Waals surface area (Å²) in [4.78, 5) is 0. The second-order valence-electron chi connectivity index (χ2n) is 1.29. The van der Waals surface area contributed by atoms with Crippen molar-refractivity contribution in [2.24, 2.45) is 7.54 Å². The van der Waals surface area contributed by atoms with E-state index in [-0.39, 0.29) is 0 Å². The summed E-state index contributed by atoms with van der Waals surface area (Å²) < 4.78 is 15.8. The Morgan fingerprint density at radius 1 is 1.00 bits per heavy atom. The molecule has 0 amide bonds. The van der Waals surface area contributed by atoms with Crippen LogP contribution in [-0.2, 0) is 23.5 Å². The molecule has 2 aliphatic heterocycles. The molecule has 0 saturated heterocycles. The Morgan fingerprint density at radius 2 is 1.50 bits per heavy atom. The van der Waals surface area contributed by atoms with Crippen LogP contribution in [0.4, 0.5) is 0 Å². The second-order valence-corrected chi connectivity index (χ2v) is 4.31. The lowest BCUT2D eigenvalue weighted by Crippen LogP contribution is -1.70. The molecular formula is C2N4S4. The van der Waals surface area contributed by atoms with E-state index in [1.165, 1.54) is 47.4 Å². The summed E-state index contributed by atoms with van der Waals surface area (Å²) in [7, 11) is 0. The molecule has 52 valence electrons. The normalized spacial score (nSPS) is 28.8. The minimum absolute atomic E-state index is 0.865. The van der Waals surface area contributed by atoms with Crippen molar-refractivity contribution in [1.29, 1.82) is 0 Å². The molecule has 0 fully saturated rings. The zero-order valence-electron chi connectivity index (χ0n) is 4.42. The molecule has 10 heavy (non-hydrogen) atoms. The topological polar surface area (TPSA) is 52.9 Å². The van der Waals surface area contributed by atoms with Gasteiger partial charge in [0.2, 0.25) is 0 Å². The van der Waals surface area contributed by atoms with Crippen molar-refractivity contribution in [3.63, 3.8) is 0 Å². The summed E-state index contributed by atoms with van der Waals surface area (Å²) in [5, 5.41) is 1.73. The van der Waals surface area contributed by atoms with Crippen LogP contribution >= 0.6 is 23.9 Å². The number of hydrogen-bond donors (Lipinski definition) is 0. The van der Waals surface area contributed by atoms with Crippen molar-refractivity contribution in [3.8, 4) is 0 Å². The van der Waals surface area contributed by atoms with Gasteiger partial charge in [0.05, 0.1) is 23.9 Å². The van der Waals surface area contributed by atoms with Crippen LogP contribution in [0.1, 0.15) is 0 Å². The Hall–Kier alpha value is 0.0800. The molecule has 0 aromatic heterocycles. The Morgan fingerprint density at radius 3 is 1.80 bits per heavy atom. The van der Waals surface area contributed by atoms with Crippen LogP contribution in [0.3, 0.4) is 0 Å². The van der Waals surface area contributed by atoms with Gasteiger partial charge in [-0.25, -0.2) is 0 Å². The van der Waals surface area contributed by atoms with Gasteiger partial charge in [-0.3, -0.25) is 0 Å². The van der Waals surface area contributed by atoms with E-state index in [0.29, 0.717) is 0 Å². The van der Waals surface area contributed by atoms with Crippen LogP contribution in [0.25, 0.3) is 9.44 Å². The predicted molar refractivity (Wildman–Crippen MR) is 48.5 cm³/mol. The first kappa shape index (κ1) is 6.77. The monoisotopic (exact) mass is 208 g/mol. The van der Waals surface area contributed by atoms with Gasteiger partial charge in [-0.15, -0.1) is 0 Å². The molecule has 0 spiro atoms. The van der Waals surface area contributed by atoms with Crippen molar-refractivity contribution in [2.75, 3.05) is 0 Å². The molecule has 0 saturated carbocycles. The van der Waals surface area contributed by atoms with E-state index < -0.39 is 0 Å². The van der Waals surface area contributed by atoms with Crippen LogP contribution < -0.4 is 0 Å². The Bertz CT molecular complexity index is 187. The zero-order chi connectivity index (χ0) is 6.81. The average Bonchev–Trinajstić information content (AvgIpc) is 2.59. The smallest absolute Gasteiger partial charge is 0.289 e. The lowest BCUT2D eigenvalue weighted by atomic mass is 10.9. The van der Waals surface area contributed by atoms with Gasteiger partial charge >= 0.3 is 0 Å². The molecular weight excluding hydrogens is 208 g/mol. The van der Waals surface area contributed by atoms with Crippen molar-refractivity contribution in [3.05, 3.63) is 19.5 Å². The molecule has 0 N–H and O–H groups in total. The van der Waals surface area contributed by atoms with Gasteiger partial charge in [-0.1, -0.05) is 0 Å². The average molecular weight is 208 g/mol. The van der Waals surface area contributed by atoms with E-state index in [9.17, 15) is 0 Å². The first-order valence-corrected chi connectivity index (χ1v) is 5.21. The summed E-state index contributed by atoms with van der Waals surface area (Å²) >= 11 is 5.10. The molecule has 0 radical (unpaired) electrons. The molecule has 4 nitrogen and oxygen atoms in total. The molecule has 2 aliphatic rings. The number of nitrogens with zero attached hydrogens (tertiary/aromatic N) is 4. The molecule has 0 bridgehead atoms. The van der Waals surface area contributed by atoms with E-state index in [4.69, 9.17) is 0 Å². The Kier molecular flexibility index (Phi) is 2.02. The van der Waals surface area contributed by atoms with Crippen molar-refractivity contribution < 1.29 is 0 Å². The fraction of sp³-hybridized carbons (Fsp3) is 0. The molecule has 0 aliphatic carbocycles. The van der Waals surface area contributed by atoms with Crippen molar-refractivity contribution >= 4 is 47.4 Å². The fourth-order valence-electron chi connectivity index (χ4n) is 0.401. The molecule has 8 heteroatoms. The third-order valence-corrected chi connectivity index (χ3v) is 3.68. The van der Waals surface area contributed by atoms with Crippen LogP contribution in [-0.4, -0.2) is 0 Å². The molecule has 0 atom stereocenters. The van der Waals surface area contributed by atoms with E-state index >= 15 is 0 Å². The van der Waals surface area contributed by atoms with Gasteiger partial charge in [-0.05, 0) is 10.1 Å². The van der Waals surface area contributed by atoms with Crippen molar-refractivity contribution in [2.45, 2.75) is 0 Å². The van der Waals surface area contributed by atoms with Crippen molar-refractivity contribution in [1.82, 2.24) is 0 Å². The fourth-order valence-corrected chi connectivity index (χ4v) is 2.87. The van der Waals surface area contributed by atoms with Gasteiger partial charge in [0.1, 0.15) is 0 Å². The minimum atomic E-state index is 0.865. The largest absolute Gasteiger partial charge is 0.358 e. The lowest BCUT2D eigenvalue weighted by Gasteiger charge is -2.05. The van der Waals surface area contributed by atoms with Crippen LogP contribution in [0.5, 0.6) is 0 Å². The predicted octanol–water partition coefficient (Wildman–Crippen LogP) is 2.55. The SMILES string of the molecule is N1=[S+][N-]/C(=C2\[N-][S+]=NS2)S1. The van der Waals surface area contributed by atoms with Gasteiger partial charge in [0.15, 0.2) is 0 Å². The summed E-state index contributed by atoms with van der Waals surface area (Å²) in [6.07, 6.45) is 0. The minimum Gasteiger partial charge on any atom is -0.358 e. The van der Waals surface area contributed by atoms with Crippen LogP contribution in [0.2, 0.25) is 0 Å². The van der Waals surface area contributed by atoms with Crippen LogP contribution in [0, 0.1) is 0 Å². The quantitative estimate of drug-likeness (QED) is 0.454. The molecule has 2 rings (SSSR count). The van der Waals surface area contributed by atoms with Gasteiger partial charge in [-0.2, -0.15) is 0 Å². The number of rotatable bonds is 0. The highest BCUT2D eigenvalue weighted by atomic mass is 32.2. The van der Waals surface area contributed by atoms with E-state index in [2.05, 4.69) is 17.0 Å². The Balaban J connectivity index is 2.14. The van der Waals surface area contributed by atoms with Gasteiger partial charge in [0, 0.05) is 7.54 Å². The zero-order valence-corrected chi connectivity index (χ0v) is 7.69. The van der Waals surface area contributed by atoms with Gasteiger partial charge in [0.25, 0.3) is 23.5 Å². The molecule has 0 aromatic rings. The summed E-state index contributed by atoms with van der Waals surface area (Å²) in [6.45, 7) is 0. The van der Waals surface area contributed by atoms with E-state index in [1.807, 2.05) is 0 Å². The lowest BCUT2D eigenvalue weighted by molar-refractivity contribution is 1.86. The third-order valence-electron chi connectivity index (χ3n) is 0.745. The number of hydrogen-bond acceptors (Lipinski definition) is 4. The highest BCUT2D eigenvalue weighted by molar-refractivity contribution is 8.12. The van der Waals surface area contributed by atoms with E-state index in [0.717, 1.165) is 10.1 Å². The maximum absolute atomic E-state index is 4.02. The maximum atomic E-state index is 4.02. The summed E-state index contributed by atoms with van der Waals surface area (Å²) in [6, 6.07) is 0. The molecule has 0 unspecified atom stereocenters. The first-order chi connectivity index (χ1) is 4.97. The Labute approximate surface area is 74.4 Å². The highest BCUT2D eigenvalue weighted by Crippen LogP contribution is 2.41. The summed E-state index contributed by atoms with van der Waals surface area (Å²) in [5.41, 5.74) is 0. The third kappa shape index (κ3) is 1.24. The van der Waals surface area contributed by atoms with Crippen LogP contribution in [0.15, 0.2) is 17.6 Å². The maximum Gasteiger partial charge on any atom is 0.289 e. The second kappa shape index (κ2) is 2.99.